The summed E-state index contributed by atoms with van der Waals surface area (Å²) < 4.78 is 0. The zero-order valence-corrected chi connectivity index (χ0v) is 13.0. The van der Waals surface area contributed by atoms with Crippen molar-refractivity contribution in [3.8, 4) is 0 Å². The number of rotatable bonds is 3. The molecule has 4 heteroatoms. The largest absolute Gasteiger partial charge is 0.311 e. The highest BCUT2D eigenvalue weighted by Crippen LogP contribution is 1.99. The number of nitrogens with one attached hydrogen (secondary N) is 1. The molecule has 0 aromatic heterocycles. The molecule has 1 saturated heterocycles. The van der Waals surface area contributed by atoms with E-state index in [2.05, 4.69) is 54.9 Å². The van der Waals surface area contributed by atoms with Gasteiger partial charge in [-0.3, -0.25) is 4.90 Å². The maximum atomic E-state index is 3.57. The minimum Gasteiger partial charge on any atom is -0.311 e. The van der Waals surface area contributed by atoms with Crippen LogP contribution in [0.5, 0.6) is 0 Å². The molecule has 0 bridgehead atoms. The van der Waals surface area contributed by atoms with Gasteiger partial charge in [0, 0.05) is 57.9 Å². The van der Waals surface area contributed by atoms with Gasteiger partial charge in [-0.1, -0.05) is 0 Å². The topological polar surface area (TPSA) is 21.8 Å². The lowest BCUT2D eigenvalue weighted by atomic mass is 10.1. The molecule has 1 heterocycles. The van der Waals surface area contributed by atoms with Crippen LogP contribution in [0.3, 0.4) is 0 Å². The summed E-state index contributed by atoms with van der Waals surface area (Å²) >= 11 is 0. The summed E-state index contributed by atoms with van der Waals surface area (Å²) in [7, 11) is 4.45. The Morgan fingerprint density at radius 1 is 0.833 bits per heavy atom. The minimum atomic E-state index is 0.229. The zero-order chi connectivity index (χ0) is 13.6. The van der Waals surface area contributed by atoms with Crippen LogP contribution in [-0.4, -0.2) is 86.7 Å². The number of hydrogen-bond acceptors (Lipinski definition) is 4. The van der Waals surface area contributed by atoms with Gasteiger partial charge in [-0.25, -0.2) is 0 Å². The molecule has 18 heavy (non-hydrogen) atoms. The van der Waals surface area contributed by atoms with Gasteiger partial charge in [0.05, 0.1) is 0 Å². The van der Waals surface area contributed by atoms with Crippen LogP contribution in [0.4, 0.5) is 0 Å². The number of likely N-dealkylation sites (N-methyl/N-ethyl adjacent to an activating group) is 2. The van der Waals surface area contributed by atoms with Crippen LogP contribution in [0.25, 0.3) is 0 Å². The molecule has 1 aliphatic rings. The van der Waals surface area contributed by atoms with E-state index in [1.165, 1.54) is 39.3 Å². The Hall–Kier alpha value is -0.160. The Morgan fingerprint density at radius 3 is 1.72 bits per heavy atom. The van der Waals surface area contributed by atoms with Crippen molar-refractivity contribution in [1.82, 2.24) is 20.0 Å². The van der Waals surface area contributed by atoms with E-state index in [4.69, 9.17) is 0 Å². The molecule has 0 amide bonds. The highest BCUT2D eigenvalue weighted by molar-refractivity contribution is 4.73. The lowest BCUT2D eigenvalue weighted by molar-refractivity contribution is 0.228. The Morgan fingerprint density at radius 2 is 1.28 bits per heavy atom. The van der Waals surface area contributed by atoms with Gasteiger partial charge < -0.3 is 15.1 Å². The van der Waals surface area contributed by atoms with Crippen molar-refractivity contribution in [2.24, 2.45) is 0 Å². The standard InChI is InChI=1S/C14H32N4/c1-14(2,3)15-6-7-18-12-10-16(4)8-9-17(5)11-13-18/h15H,6-13H2,1-5H3. The zero-order valence-electron chi connectivity index (χ0n) is 13.0. The quantitative estimate of drug-likeness (QED) is 0.796. The van der Waals surface area contributed by atoms with Crippen LogP contribution in [0.2, 0.25) is 0 Å². The van der Waals surface area contributed by atoms with E-state index in [0.717, 1.165) is 13.1 Å². The Balaban J connectivity index is 2.33. The summed E-state index contributed by atoms with van der Waals surface area (Å²) in [6.07, 6.45) is 0. The third-order valence-electron chi connectivity index (χ3n) is 3.54. The van der Waals surface area contributed by atoms with Crippen molar-refractivity contribution in [2.45, 2.75) is 26.3 Å². The molecule has 0 aliphatic carbocycles. The van der Waals surface area contributed by atoms with E-state index in [-0.39, 0.29) is 5.54 Å². The fourth-order valence-electron chi connectivity index (χ4n) is 2.11. The maximum absolute atomic E-state index is 3.57. The lowest BCUT2D eigenvalue weighted by Gasteiger charge is -2.27. The molecule has 108 valence electrons. The van der Waals surface area contributed by atoms with Crippen LogP contribution in [0, 0.1) is 0 Å². The molecule has 1 aliphatic heterocycles. The van der Waals surface area contributed by atoms with Crippen LogP contribution in [0.1, 0.15) is 20.8 Å². The fourth-order valence-corrected chi connectivity index (χ4v) is 2.11. The molecular formula is C14H32N4. The Labute approximate surface area is 113 Å². The molecule has 1 fully saturated rings. The third kappa shape index (κ3) is 7.31. The van der Waals surface area contributed by atoms with Crippen molar-refractivity contribution in [2.75, 3.05) is 66.5 Å². The Bertz CT molecular complexity index is 210. The van der Waals surface area contributed by atoms with E-state index in [0.29, 0.717) is 0 Å². The van der Waals surface area contributed by atoms with Gasteiger partial charge in [-0.2, -0.15) is 0 Å². The molecule has 1 rings (SSSR count). The third-order valence-corrected chi connectivity index (χ3v) is 3.54. The first-order valence-corrected chi connectivity index (χ1v) is 7.21. The second kappa shape index (κ2) is 7.43. The molecule has 4 nitrogen and oxygen atoms in total. The molecule has 0 saturated carbocycles. The summed E-state index contributed by atoms with van der Waals surface area (Å²) in [4.78, 5) is 7.45. The highest BCUT2D eigenvalue weighted by atomic mass is 15.2. The van der Waals surface area contributed by atoms with Gasteiger partial charge in [0.1, 0.15) is 0 Å². The average Bonchev–Trinajstić information content (AvgIpc) is 2.33. The molecule has 0 radical (unpaired) electrons. The molecule has 0 aromatic carbocycles. The van der Waals surface area contributed by atoms with E-state index in [9.17, 15) is 0 Å². The van der Waals surface area contributed by atoms with Crippen molar-refractivity contribution >= 4 is 0 Å². The van der Waals surface area contributed by atoms with E-state index < -0.39 is 0 Å². The fraction of sp³-hybridized carbons (Fsp3) is 1.00. The summed E-state index contributed by atoms with van der Waals surface area (Å²) in [6, 6.07) is 0. The average molecular weight is 256 g/mol. The van der Waals surface area contributed by atoms with E-state index in [1.807, 2.05) is 0 Å². The second-order valence-electron chi connectivity index (χ2n) is 6.62. The van der Waals surface area contributed by atoms with Gasteiger partial charge >= 0.3 is 0 Å². The maximum Gasteiger partial charge on any atom is 0.0110 e. The monoisotopic (exact) mass is 256 g/mol. The van der Waals surface area contributed by atoms with Crippen LogP contribution in [0.15, 0.2) is 0 Å². The van der Waals surface area contributed by atoms with Gasteiger partial charge in [0.2, 0.25) is 0 Å². The van der Waals surface area contributed by atoms with Gasteiger partial charge in [0.25, 0.3) is 0 Å². The van der Waals surface area contributed by atoms with E-state index in [1.54, 1.807) is 0 Å². The molecule has 0 spiro atoms. The SMILES string of the molecule is CN1CCN(C)CCN(CCNC(C)(C)C)CC1. The first kappa shape index (κ1) is 15.9. The predicted octanol–water partition coefficient (Wildman–Crippen LogP) is 0.554. The van der Waals surface area contributed by atoms with Gasteiger partial charge in [0.15, 0.2) is 0 Å². The summed E-state index contributed by atoms with van der Waals surface area (Å²) in [6.45, 7) is 16.0. The smallest absolute Gasteiger partial charge is 0.0110 e. The van der Waals surface area contributed by atoms with Gasteiger partial charge in [-0.05, 0) is 34.9 Å². The summed E-state index contributed by atoms with van der Waals surface area (Å²) in [5.41, 5.74) is 0.229. The molecule has 0 aromatic rings. The van der Waals surface area contributed by atoms with Crippen molar-refractivity contribution in [3.05, 3.63) is 0 Å². The Kier molecular flexibility index (Phi) is 6.57. The minimum absolute atomic E-state index is 0.229. The normalized spacial score (nSPS) is 22.5. The van der Waals surface area contributed by atoms with Crippen molar-refractivity contribution in [1.29, 1.82) is 0 Å². The van der Waals surface area contributed by atoms with E-state index >= 15 is 0 Å². The van der Waals surface area contributed by atoms with Crippen LogP contribution < -0.4 is 5.32 Å². The van der Waals surface area contributed by atoms with Crippen molar-refractivity contribution < 1.29 is 0 Å². The predicted molar refractivity (Wildman–Crippen MR) is 79.2 cm³/mol. The molecular weight excluding hydrogens is 224 g/mol. The number of hydrogen-bond donors (Lipinski definition) is 1. The second-order valence-corrected chi connectivity index (χ2v) is 6.62. The first-order valence-electron chi connectivity index (χ1n) is 7.21. The molecule has 1 N–H and O–H groups in total. The van der Waals surface area contributed by atoms with Crippen LogP contribution >= 0.6 is 0 Å². The first-order chi connectivity index (χ1) is 8.37. The van der Waals surface area contributed by atoms with Crippen LogP contribution in [-0.2, 0) is 0 Å². The summed E-state index contributed by atoms with van der Waals surface area (Å²) in [5.74, 6) is 0. The lowest BCUT2D eigenvalue weighted by Crippen LogP contribution is -2.43. The molecule has 0 atom stereocenters. The van der Waals surface area contributed by atoms with Crippen molar-refractivity contribution in [3.63, 3.8) is 0 Å². The molecule has 0 unspecified atom stereocenters. The number of nitrogens with zero attached hydrogens (tertiary/aromatic N) is 3. The highest BCUT2D eigenvalue weighted by Gasteiger charge is 2.13. The summed E-state index contributed by atoms with van der Waals surface area (Å²) in [5, 5.41) is 3.57. The van der Waals surface area contributed by atoms with Gasteiger partial charge in [-0.15, -0.1) is 0 Å².